The minimum absolute atomic E-state index is 0.686. The molecule has 2 heterocycles. The van der Waals surface area contributed by atoms with E-state index in [4.69, 9.17) is 19.5 Å². The van der Waals surface area contributed by atoms with Crippen molar-refractivity contribution < 1.29 is 9.47 Å². The van der Waals surface area contributed by atoms with E-state index in [1.165, 1.54) is 11.1 Å². The maximum absolute atomic E-state index is 5.41. The molecule has 2 aromatic heterocycles. The predicted molar refractivity (Wildman–Crippen MR) is 125 cm³/mol. The Labute approximate surface area is 184 Å². The number of guanidine groups is 1. The molecule has 0 saturated carbocycles. The highest BCUT2D eigenvalue weighted by atomic mass is 16.5. The van der Waals surface area contributed by atoms with Gasteiger partial charge in [-0.25, -0.2) is 4.98 Å². The van der Waals surface area contributed by atoms with Gasteiger partial charge in [-0.1, -0.05) is 12.1 Å². The number of imidazole rings is 1. The van der Waals surface area contributed by atoms with Crippen LogP contribution in [-0.2, 0) is 12.8 Å². The molecule has 0 saturated heterocycles. The molecule has 1 aromatic carbocycles. The first-order valence-corrected chi connectivity index (χ1v) is 10.7. The van der Waals surface area contributed by atoms with Gasteiger partial charge in [-0.15, -0.1) is 0 Å². The summed E-state index contributed by atoms with van der Waals surface area (Å²) < 4.78 is 12.8. The van der Waals surface area contributed by atoms with Crippen LogP contribution < -0.4 is 14.8 Å². The Morgan fingerprint density at radius 3 is 2.68 bits per heavy atom. The van der Waals surface area contributed by atoms with Crippen molar-refractivity contribution in [3.05, 3.63) is 59.5 Å². The third-order valence-corrected chi connectivity index (χ3v) is 5.24. The van der Waals surface area contributed by atoms with E-state index < -0.39 is 0 Å². The third-order valence-electron chi connectivity index (χ3n) is 5.24. The average Bonchev–Trinajstić information content (AvgIpc) is 3.21. The Morgan fingerprint density at radius 2 is 1.97 bits per heavy atom. The molecule has 0 aliphatic rings. The van der Waals surface area contributed by atoms with Gasteiger partial charge in [0.2, 0.25) is 0 Å². The summed E-state index contributed by atoms with van der Waals surface area (Å²) in [5.74, 6) is 2.41. The number of nitrogens with zero attached hydrogens (tertiary/aromatic N) is 4. The molecular weight excluding hydrogens is 390 g/mol. The lowest BCUT2D eigenvalue weighted by Crippen LogP contribution is -2.40. The van der Waals surface area contributed by atoms with Gasteiger partial charge in [-0.3, -0.25) is 4.99 Å². The molecule has 0 radical (unpaired) electrons. The molecule has 0 aliphatic heterocycles. The molecule has 1 N–H and O–H groups in total. The van der Waals surface area contributed by atoms with Crippen LogP contribution in [0.25, 0.3) is 5.65 Å². The van der Waals surface area contributed by atoms with Crippen LogP contribution in [-0.4, -0.2) is 61.1 Å². The van der Waals surface area contributed by atoms with E-state index in [0.717, 1.165) is 54.7 Å². The lowest BCUT2D eigenvalue weighted by Gasteiger charge is -2.22. The molecule has 31 heavy (non-hydrogen) atoms. The van der Waals surface area contributed by atoms with Crippen LogP contribution in [0.4, 0.5) is 0 Å². The molecule has 0 aliphatic carbocycles. The van der Waals surface area contributed by atoms with Crippen LogP contribution in [0.1, 0.15) is 23.7 Å². The lowest BCUT2D eigenvalue weighted by molar-refractivity contribution is 0.354. The summed E-state index contributed by atoms with van der Waals surface area (Å²) in [5, 5.41) is 3.39. The molecule has 0 spiro atoms. The number of hydrogen-bond acceptors (Lipinski definition) is 4. The fraction of sp³-hybridized carbons (Fsp3) is 0.417. The SMILES string of the molecule is CCNC(=NCCc1cn2cccc(C)c2n1)N(C)CCc1ccc(OC)c(OC)c1. The van der Waals surface area contributed by atoms with Gasteiger partial charge in [-0.05, 0) is 49.6 Å². The number of aromatic nitrogens is 2. The van der Waals surface area contributed by atoms with Crippen LogP contribution in [0.5, 0.6) is 11.5 Å². The minimum atomic E-state index is 0.686. The largest absolute Gasteiger partial charge is 0.493 e. The van der Waals surface area contributed by atoms with E-state index in [1.54, 1.807) is 14.2 Å². The summed E-state index contributed by atoms with van der Waals surface area (Å²) in [6.07, 6.45) is 5.81. The van der Waals surface area contributed by atoms with Crippen LogP contribution in [0.2, 0.25) is 0 Å². The highest BCUT2D eigenvalue weighted by molar-refractivity contribution is 5.79. The topological polar surface area (TPSA) is 63.4 Å². The van der Waals surface area contributed by atoms with E-state index in [0.29, 0.717) is 6.54 Å². The van der Waals surface area contributed by atoms with Crippen molar-refractivity contribution in [1.29, 1.82) is 0 Å². The number of aliphatic imine (C=N–C) groups is 1. The molecule has 0 amide bonds. The van der Waals surface area contributed by atoms with Gasteiger partial charge in [0.25, 0.3) is 0 Å². The number of likely N-dealkylation sites (N-methyl/N-ethyl adjacent to an activating group) is 1. The van der Waals surface area contributed by atoms with E-state index in [1.807, 2.05) is 24.4 Å². The zero-order valence-electron chi connectivity index (χ0n) is 19.2. The number of nitrogens with one attached hydrogen (secondary N) is 1. The highest BCUT2D eigenvalue weighted by Gasteiger charge is 2.09. The normalized spacial score (nSPS) is 11.6. The van der Waals surface area contributed by atoms with Crippen molar-refractivity contribution in [2.45, 2.75) is 26.7 Å². The number of ether oxygens (including phenoxy) is 2. The number of rotatable bonds is 9. The summed E-state index contributed by atoms with van der Waals surface area (Å²) in [5.41, 5.74) is 4.45. The van der Waals surface area contributed by atoms with Gasteiger partial charge >= 0.3 is 0 Å². The van der Waals surface area contributed by atoms with Gasteiger partial charge in [0.05, 0.1) is 19.9 Å². The van der Waals surface area contributed by atoms with Crippen LogP contribution >= 0.6 is 0 Å². The first-order valence-electron chi connectivity index (χ1n) is 10.7. The van der Waals surface area contributed by atoms with Gasteiger partial charge in [0.1, 0.15) is 5.65 Å². The van der Waals surface area contributed by atoms with Gasteiger partial charge in [0.15, 0.2) is 17.5 Å². The summed E-state index contributed by atoms with van der Waals surface area (Å²) in [6.45, 7) is 6.53. The zero-order chi connectivity index (χ0) is 22.2. The molecule has 3 aromatic rings. The molecule has 0 bridgehead atoms. The maximum Gasteiger partial charge on any atom is 0.193 e. The molecule has 166 valence electrons. The van der Waals surface area contributed by atoms with Crippen LogP contribution in [0.15, 0.2) is 47.7 Å². The van der Waals surface area contributed by atoms with Gasteiger partial charge in [0, 0.05) is 45.5 Å². The monoisotopic (exact) mass is 423 g/mol. The van der Waals surface area contributed by atoms with Crippen molar-refractivity contribution >= 4 is 11.6 Å². The fourth-order valence-corrected chi connectivity index (χ4v) is 3.51. The zero-order valence-corrected chi connectivity index (χ0v) is 19.2. The molecule has 0 atom stereocenters. The molecule has 0 fully saturated rings. The third kappa shape index (κ3) is 5.69. The van der Waals surface area contributed by atoms with E-state index in [2.05, 4.69) is 53.8 Å². The highest BCUT2D eigenvalue weighted by Crippen LogP contribution is 2.27. The second kappa shape index (κ2) is 10.7. The first-order chi connectivity index (χ1) is 15.0. The number of benzene rings is 1. The van der Waals surface area contributed by atoms with Crippen molar-refractivity contribution in [3.63, 3.8) is 0 Å². The summed E-state index contributed by atoms with van der Waals surface area (Å²) in [6, 6.07) is 10.2. The Bertz CT molecular complexity index is 1030. The number of aryl methyl sites for hydroxylation is 1. The summed E-state index contributed by atoms with van der Waals surface area (Å²) in [7, 11) is 5.38. The summed E-state index contributed by atoms with van der Waals surface area (Å²) >= 11 is 0. The smallest absolute Gasteiger partial charge is 0.193 e. The average molecular weight is 424 g/mol. The standard InChI is InChI=1S/C24H33N5O2/c1-6-25-24(26-13-11-20-17-29-14-7-8-18(2)23(29)27-20)28(3)15-12-19-9-10-21(30-4)22(16-19)31-5/h7-10,14,16-17H,6,11-13,15H2,1-5H3,(H,25,26). The Morgan fingerprint density at radius 1 is 1.16 bits per heavy atom. The van der Waals surface area contributed by atoms with E-state index >= 15 is 0 Å². The number of fused-ring (bicyclic) bond motifs is 1. The van der Waals surface area contributed by atoms with Gasteiger partial charge in [-0.2, -0.15) is 0 Å². The van der Waals surface area contributed by atoms with Crippen molar-refractivity contribution in [1.82, 2.24) is 19.6 Å². The second-order valence-electron chi connectivity index (χ2n) is 7.50. The molecule has 3 rings (SSSR count). The molecule has 0 unspecified atom stereocenters. The first kappa shape index (κ1) is 22.5. The van der Waals surface area contributed by atoms with Crippen molar-refractivity contribution in [3.8, 4) is 11.5 Å². The Hall–Kier alpha value is -3.22. The van der Waals surface area contributed by atoms with Crippen molar-refractivity contribution in [2.75, 3.05) is 40.9 Å². The predicted octanol–water partition coefficient (Wildman–Crippen LogP) is 3.34. The fourth-order valence-electron chi connectivity index (χ4n) is 3.51. The Kier molecular flexibility index (Phi) is 7.76. The quantitative estimate of drug-likeness (QED) is 0.422. The number of methoxy groups -OCH3 is 2. The molecular formula is C24H33N5O2. The minimum Gasteiger partial charge on any atom is -0.493 e. The van der Waals surface area contributed by atoms with E-state index in [-0.39, 0.29) is 0 Å². The second-order valence-corrected chi connectivity index (χ2v) is 7.50. The van der Waals surface area contributed by atoms with Crippen molar-refractivity contribution in [2.24, 2.45) is 4.99 Å². The van der Waals surface area contributed by atoms with Crippen LogP contribution in [0.3, 0.4) is 0 Å². The summed E-state index contributed by atoms with van der Waals surface area (Å²) in [4.78, 5) is 11.7. The molecule has 7 nitrogen and oxygen atoms in total. The number of pyridine rings is 1. The lowest BCUT2D eigenvalue weighted by atomic mass is 10.1. The number of hydrogen-bond donors (Lipinski definition) is 1. The van der Waals surface area contributed by atoms with E-state index in [9.17, 15) is 0 Å². The van der Waals surface area contributed by atoms with Crippen LogP contribution in [0, 0.1) is 6.92 Å². The Balaban J connectivity index is 1.60. The maximum atomic E-state index is 5.41. The molecule has 7 heteroatoms. The van der Waals surface area contributed by atoms with Gasteiger partial charge < -0.3 is 24.1 Å².